The minimum Gasteiger partial charge on any atom is -0.383 e. The van der Waals surface area contributed by atoms with Crippen LogP contribution in [-0.4, -0.2) is 59.6 Å². The van der Waals surface area contributed by atoms with Crippen molar-refractivity contribution in [3.8, 4) is 0 Å². The van der Waals surface area contributed by atoms with Gasteiger partial charge in [0.15, 0.2) is 0 Å². The van der Waals surface area contributed by atoms with Crippen LogP contribution in [0.2, 0.25) is 0 Å². The second kappa shape index (κ2) is 6.49. The molecule has 1 atom stereocenters. The van der Waals surface area contributed by atoms with Gasteiger partial charge in [-0.3, -0.25) is 4.68 Å². The molecule has 0 radical (unpaired) electrons. The molecule has 2 amide bonds. The summed E-state index contributed by atoms with van der Waals surface area (Å²) in [6.45, 7) is 7.96. The third-order valence-corrected chi connectivity index (χ3v) is 5.18. The third-order valence-electron chi connectivity index (χ3n) is 5.18. The van der Waals surface area contributed by atoms with E-state index in [1.165, 1.54) is 0 Å². The topological polar surface area (TPSA) is 71.4 Å². The first-order chi connectivity index (χ1) is 11.1. The number of carbonyl (C=O) groups excluding carboxylic acids is 1. The summed E-state index contributed by atoms with van der Waals surface area (Å²) in [5, 5.41) is 11.0. The highest BCUT2D eigenvalue weighted by molar-refractivity contribution is 5.91. The minimum absolute atomic E-state index is 0.00342. The maximum Gasteiger partial charge on any atom is 0.322 e. The Morgan fingerprint density at radius 1 is 1.43 bits per heavy atom. The molecule has 2 N–H and O–H groups in total. The van der Waals surface area contributed by atoms with E-state index in [1.54, 1.807) is 7.11 Å². The highest BCUT2D eigenvalue weighted by atomic mass is 16.5. The summed E-state index contributed by atoms with van der Waals surface area (Å²) in [5.41, 5.74) is 2.67. The van der Waals surface area contributed by atoms with Gasteiger partial charge in [0.1, 0.15) is 0 Å². The van der Waals surface area contributed by atoms with Crippen LogP contribution >= 0.6 is 0 Å². The number of hydrogen-bond donors (Lipinski definition) is 2. The van der Waals surface area contributed by atoms with Gasteiger partial charge >= 0.3 is 6.03 Å². The van der Waals surface area contributed by atoms with Crippen LogP contribution in [-0.2, 0) is 11.3 Å². The summed E-state index contributed by atoms with van der Waals surface area (Å²) < 4.78 is 7.01. The Labute approximate surface area is 137 Å². The molecule has 0 aliphatic carbocycles. The fraction of sp³-hybridized carbons (Fsp3) is 0.750. The van der Waals surface area contributed by atoms with Gasteiger partial charge in [-0.2, -0.15) is 5.10 Å². The fourth-order valence-corrected chi connectivity index (χ4v) is 3.88. The Balaban J connectivity index is 1.74. The van der Waals surface area contributed by atoms with Crippen molar-refractivity contribution in [2.45, 2.75) is 45.2 Å². The second-order valence-electron chi connectivity index (χ2n) is 6.60. The van der Waals surface area contributed by atoms with E-state index in [1.807, 2.05) is 23.4 Å². The standard InChI is InChI=1S/C16H27N5O2/c1-12-14(13(2)21(19-12)9-10-23-3)18-15(22)20-8-4-5-16(20)6-7-17-11-16/h17H,4-11H2,1-3H3,(H,18,22). The molecule has 0 saturated carbocycles. The number of nitrogens with one attached hydrogen (secondary N) is 2. The monoisotopic (exact) mass is 321 g/mol. The molecule has 128 valence electrons. The first-order valence-corrected chi connectivity index (χ1v) is 8.40. The molecule has 0 aromatic carbocycles. The van der Waals surface area contributed by atoms with Crippen molar-refractivity contribution in [2.24, 2.45) is 0 Å². The summed E-state index contributed by atoms with van der Waals surface area (Å²) in [6.07, 6.45) is 3.23. The summed E-state index contributed by atoms with van der Waals surface area (Å²) in [7, 11) is 1.68. The molecular formula is C16H27N5O2. The zero-order valence-corrected chi connectivity index (χ0v) is 14.3. The van der Waals surface area contributed by atoms with Crippen LogP contribution in [0.5, 0.6) is 0 Å². The van der Waals surface area contributed by atoms with Crippen LogP contribution in [0.3, 0.4) is 0 Å². The van der Waals surface area contributed by atoms with E-state index in [9.17, 15) is 4.79 Å². The molecular weight excluding hydrogens is 294 g/mol. The van der Waals surface area contributed by atoms with Crippen LogP contribution < -0.4 is 10.6 Å². The van der Waals surface area contributed by atoms with Crippen molar-refractivity contribution in [3.63, 3.8) is 0 Å². The van der Waals surface area contributed by atoms with Crippen molar-refractivity contribution in [3.05, 3.63) is 11.4 Å². The first-order valence-electron chi connectivity index (χ1n) is 8.40. The zero-order chi connectivity index (χ0) is 16.4. The molecule has 3 heterocycles. The molecule has 1 aromatic heterocycles. The predicted molar refractivity (Wildman–Crippen MR) is 88.8 cm³/mol. The van der Waals surface area contributed by atoms with Crippen molar-refractivity contribution < 1.29 is 9.53 Å². The summed E-state index contributed by atoms with van der Waals surface area (Å²) in [6, 6.07) is 0.00342. The molecule has 1 unspecified atom stereocenters. The van der Waals surface area contributed by atoms with Crippen LogP contribution in [0.15, 0.2) is 0 Å². The molecule has 3 rings (SSSR count). The Morgan fingerprint density at radius 3 is 2.96 bits per heavy atom. The average molecular weight is 321 g/mol. The Morgan fingerprint density at radius 2 is 2.26 bits per heavy atom. The van der Waals surface area contributed by atoms with Gasteiger partial charge in [-0.25, -0.2) is 4.79 Å². The molecule has 7 nitrogen and oxygen atoms in total. The van der Waals surface area contributed by atoms with E-state index in [4.69, 9.17) is 4.74 Å². The maximum absolute atomic E-state index is 12.8. The van der Waals surface area contributed by atoms with Gasteiger partial charge in [-0.05, 0) is 39.7 Å². The number of nitrogens with zero attached hydrogens (tertiary/aromatic N) is 3. The zero-order valence-electron chi connectivity index (χ0n) is 14.3. The lowest BCUT2D eigenvalue weighted by molar-refractivity contribution is 0.168. The quantitative estimate of drug-likeness (QED) is 0.882. The van der Waals surface area contributed by atoms with E-state index in [-0.39, 0.29) is 11.6 Å². The maximum atomic E-state index is 12.8. The normalized spacial score (nSPS) is 23.9. The van der Waals surface area contributed by atoms with Gasteiger partial charge in [0.2, 0.25) is 0 Å². The van der Waals surface area contributed by atoms with Gasteiger partial charge in [-0.15, -0.1) is 0 Å². The van der Waals surface area contributed by atoms with Gasteiger partial charge in [-0.1, -0.05) is 0 Å². The predicted octanol–water partition coefficient (Wildman–Crippen LogP) is 1.51. The average Bonchev–Trinajstić information content (AvgIpc) is 3.23. The van der Waals surface area contributed by atoms with Crippen LogP contribution in [0.4, 0.5) is 10.5 Å². The van der Waals surface area contributed by atoms with Gasteiger partial charge in [0.05, 0.1) is 35.8 Å². The van der Waals surface area contributed by atoms with Gasteiger partial charge in [0, 0.05) is 20.2 Å². The molecule has 0 bridgehead atoms. The van der Waals surface area contributed by atoms with Crippen molar-refractivity contribution in [1.29, 1.82) is 0 Å². The number of likely N-dealkylation sites (tertiary alicyclic amines) is 1. The van der Waals surface area contributed by atoms with Gasteiger partial charge < -0.3 is 20.3 Å². The van der Waals surface area contributed by atoms with E-state index in [2.05, 4.69) is 15.7 Å². The van der Waals surface area contributed by atoms with E-state index >= 15 is 0 Å². The van der Waals surface area contributed by atoms with E-state index in [0.717, 1.165) is 56.0 Å². The molecule has 2 aliphatic rings. The largest absolute Gasteiger partial charge is 0.383 e. The molecule has 2 saturated heterocycles. The molecule has 2 aliphatic heterocycles. The Kier molecular flexibility index (Phi) is 4.59. The number of methoxy groups -OCH3 is 1. The summed E-state index contributed by atoms with van der Waals surface area (Å²) >= 11 is 0. The molecule has 7 heteroatoms. The number of amides is 2. The van der Waals surface area contributed by atoms with Crippen LogP contribution in [0, 0.1) is 13.8 Å². The minimum atomic E-state index is 0.00342. The van der Waals surface area contributed by atoms with E-state index in [0.29, 0.717) is 13.2 Å². The SMILES string of the molecule is COCCn1nc(C)c(NC(=O)N2CCCC23CCNC3)c1C. The summed E-state index contributed by atoms with van der Waals surface area (Å²) in [5.74, 6) is 0. The highest BCUT2D eigenvalue weighted by Gasteiger charge is 2.45. The Hall–Kier alpha value is -1.60. The molecule has 1 aromatic rings. The lowest BCUT2D eigenvalue weighted by atomic mass is 9.95. The van der Waals surface area contributed by atoms with Crippen molar-refractivity contribution in [2.75, 3.05) is 38.7 Å². The number of urea groups is 1. The smallest absolute Gasteiger partial charge is 0.322 e. The lowest BCUT2D eigenvalue weighted by Crippen LogP contribution is -2.50. The number of carbonyl (C=O) groups is 1. The van der Waals surface area contributed by atoms with Crippen LogP contribution in [0.1, 0.15) is 30.7 Å². The lowest BCUT2D eigenvalue weighted by Gasteiger charge is -2.34. The van der Waals surface area contributed by atoms with E-state index < -0.39 is 0 Å². The number of hydrogen-bond acceptors (Lipinski definition) is 4. The number of aryl methyl sites for hydroxylation is 1. The highest BCUT2D eigenvalue weighted by Crippen LogP contribution is 2.35. The van der Waals surface area contributed by atoms with Gasteiger partial charge in [0.25, 0.3) is 0 Å². The van der Waals surface area contributed by atoms with Crippen LogP contribution in [0.25, 0.3) is 0 Å². The third kappa shape index (κ3) is 2.95. The Bertz CT molecular complexity index is 572. The number of aromatic nitrogens is 2. The van der Waals surface area contributed by atoms with Crippen molar-refractivity contribution in [1.82, 2.24) is 20.0 Å². The van der Waals surface area contributed by atoms with Crippen molar-refractivity contribution >= 4 is 11.7 Å². The molecule has 2 fully saturated rings. The molecule has 23 heavy (non-hydrogen) atoms. The first kappa shape index (κ1) is 16.3. The second-order valence-corrected chi connectivity index (χ2v) is 6.60. The number of anilines is 1. The number of rotatable bonds is 4. The number of ether oxygens (including phenoxy) is 1. The fourth-order valence-electron chi connectivity index (χ4n) is 3.88. The summed E-state index contributed by atoms with van der Waals surface area (Å²) in [4.78, 5) is 14.9. The molecule has 1 spiro atoms.